The van der Waals surface area contributed by atoms with Crippen LogP contribution in [-0.2, 0) is 16.4 Å². The third-order valence-corrected chi connectivity index (χ3v) is 13.5. The van der Waals surface area contributed by atoms with E-state index < -0.39 is 8.32 Å². The normalized spacial score (nSPS) is 18.8. The first-order valence-corrected chi connectivity index (χ1v) is 17.6. The first-order chi connectivity index (χ1) is 19.7. The minimum atomic E-state index is -1.96. The monoisotopic (exact) mass is 586 g/mol. The Balaban J connectivity index is 1.46. The Kier molecular flexibility index (Phi) is 7.66. The predicted octanol–water partition coefficient (Wildman–Crippen LogP) is 5.91. The SMILES string of the molecule is CC(C)N1CCCn2ncc(Nc3nccc(-c4cc(C#N)c5c(c4)[C@@](C)(CO[Si](C)(C)C(C)(C)C)CN5)n3)c2C1=O. The van der Waals surface area contributed by atoms with E-state index in [-0.39, 0.29) is 22.4 Å². The molecule has 1 amide bonds. The molecule has 0 aliphatic carbocycles. The summed E-state index contributed by atoms with van der Waals surface area (Å²) in [4.78, 5) is 24.5. The number of carbonyl (C=O) groups excluding carboxylic acids is 1. The van der Waals surface area contributed by atoms with E-state index in [0.717, 1.165) is 23.2 Å². The highest BCUT2D eigenvalue weighted by Gasteiger charge is 2.42. The number of rotatable bonds is 7. The van der Waals surface area contributed by atoms with E-state index in [1.807, 2.05) is 30.9 Å². The highest BCUT2D eigenvalue weighted by Crippen LogP contribution is 2.44. The lowest BCUT2D eigenvalue weighted by molar-refractivity contribution is 0.0710. The number of hydrogen-bond donors (Lipinski definition) is 2. The van der Waals surface area contributed by atoms with Gasteiger partial charge in [-0.25, -0.2) is 9.97 Å². The fraction of sp³-hybridized carbons (Fsp3) is 0.516. The van der Waals surface area contributed by atoms with Crippen LogP contribution in [0.15, 0.2) is 30.6 Å². The van der Waals surface area contributed by atoms with E-state index in [2.05, 4.69) is 73.6 Å². The van der Waals surface area contributed by atoms with Gasteiger partial charge in [0.25, 0.3) is 5.91 Å². The molecule has 0 fully saturated rings. The highest BCUT2D eigenvalue weighted by atomic mass is 28.4. The zero-order valence-electron chi connectivity index (χ0n) is 26.0. The van der Waals surface area contributed by atoms with Gasteiger partial charge in [-0.05, 0) is 62.2 Å². The molecule has 0 radical (unpaired) electrons. The average molecular weight is 587 g/mol. The molecule has 0 saturated heterocycles. The van der Waals surface area contributed by atoms with Crippen molar-refractivity contribution in [2.75, 3.05) is 30.3 Å². The van der Waals surface area contributed by atoms with Crippen molar-refractivity contribution >= 4 is 31.5 Å². The quantitative estimate of drug-likeness (QED) is 0.328. The van der Waals surface area contributed by atoms with E-state index in [9.17, 15) is 10.1 Å². The van der Waals surface area contributed by atoms with Crippen LogP contribution in [0.25, 0.3) is 11.3 Å². The van der Waals surface area contributed by atoms with Gasteiger partial charge in [-0.1, -0.05) is 27.7 Å². The molecule has 0 unspecified atom stereocenters. The number of aryl methyl sites for hydroxylation is 1. The molecule has 0 spiro atoms. The van der Waals surface area contributed by atoms with Crippen LogP contribution in [-0.4, -0.2) is 64.6 Å². The van der Waals surface area contributed by atoms with Gasteiger partial charge < -0.3 is 20.0 Å². The molecule has 10 nitrogen and oxygen atoms in total. The van der Waals surface area contributed by atoms with Gasteiger partial charge >= 0.3 is 0 Å². The first kappa shape index (κ1) is 29.7. The van der Waals surface area contributed by atoms with Gasteiger partial charge in [0.2, 0.25) is 5.95 Å². The molecule has 1 atom stereocenters. The van der Waals surface area contributed by atoms with E-state index in [0.29, 0.717) is 54.8 Å². The molecule has 2 aliphatic rings. The first-order valence-electron chi connectivity index (χ1n) is 14.7. The van der Waals surface area contributed by atoms with Crippen molar-refractivity contribution < 1.29 is 9.22 Å². The van der Waals surface area contributed by atoms with Gasteiger partial charge in [-0.15, -0.1) is 0 Å². The Morgan fingerprint density at radius 2 is 2.02 bits per heavy atom. The zero-order chi connectivity index (χ0) is 30.4. The lowest BCUT2D eigenvalue weighted by atomic mass is 9.83. The van der Waals surface area contributed by atoms with E-state index in [1.165, 1.54) is 0 Å². The van der Waals surface area contributed by atoms with Crippen molar-refractivity contribution in [3.8, 4) is 17.3 Å². The smallest absolute Gasteiger partial charge is 0.274 e. The number of anilines is 3. The van der Waals surface area contributed by atoms with Crippen LogP contribution < -0.4 is 10.6 Å². The highest BCUT2D eigenvalue weighted by molar-refractivity contribution is 6.74. The number of nitriles is 1. The van der Waals surface area contributed by atoms with E-state index in [4.69, 9.17) is 9.41 Å². The number of nitrogens with zero attached hydrogens (tertiary/aromatic N) is 6. The van der Waals surface area contributed by atoms with Crippen LogP contribution in [0.2, 0.25) is 18.1 Å². The second-order valence-corrected chi connectivity index (χ2v) is 18.3. The predicted molar refractivity (Wildman–Crippen MR) is 167 cm³/mol. The fourth-order valence-corrected chi connectivity index (χ4v) is 6.41. The maximum absolute atomic E-state index is 13.4. The van der Waals surface area contributed by atoms with Crippen molar-refractivity contribution in [3.63, 3.8) is 0 Å². The number of aromatic nitrogens is 4. The number of fused-ring (bicyclic) bond motifs is 2. The maximum atomic E-state index is 13.4. The Bertz CT molecular complexity index is 1550. The van der Waals surface area contributed by atoms with Gasteiger partial charge in [0.1, 0.15) is 11.8 Å². The molecule has 222 valence electrons. The van der Waals surface area contributed by atoms with Gasteiger partial charge in [0.05, 0.1) is 28.8 Å². The molecule has 0 bridgehead atoms. The van der Waals surface area contributed by atoms with Gasteiger partial charge in [0, 0.05) is 49.5 Å². The van der Waals surface area contributed by atoms with Crippen LogP contribution in [0.4, 0.5) is 17.3 Å². The maximum Gasteiger partial charge on any atom is 0.274 e. The molecule has 3 aromatic rings. The van der Waals surface area contributed by atoms with Crippen molar-refractivity contribution in [1.29, 1.82) is 5.26 Å². The van der Waals surface area contributed by atoms with Gasteiger partial charge in [-0.2, -0.15) is 10.4 Å². The standard InChI is InChI=1S/C31H42N8O2Si/c1-20(2)38-12-9-13-39-27(28(38)40)25(17-35-39)37-29-33-11-10-24(36-29)21-14-22(16-32)26-23(15-21)31(6,18-34-26)19-41-42(7,8)30(3,4)5/h10-11,14-15,17,20,34H,9,12-13,18-19H2,1-8H3,(H,33,36,37)/t31-/m1/s1. The minimum Gasteiger partial charge on any atom is -0.416 e. The summed E-state index contributed by atoms with van der Waals surface area (Å²) in [6, 6.07) is 8.29. The molecule has 2 N–H and O–H groups in total. The second kappa shape index (κ2) is 10.8. The summed E-state index contributed by atoms with van der Waals surface area (Å²) < 4.78 is 8.42. The van der Waals surface area contributed by atoms with Crippen LogP contribution in [0.3, 0.4) is 0 Å². The topological polar surface area (TPSA) is 121 Å². The second-order valence-electron chi connectivity index (χ2n) is 13.5. The van der Waals surface area contributed by atoms with Crippen LogP contribution in [0, 0.1) is 11.3 Å². The summed E-state index contributed by atoms with van der Waals surface area (Å²) in [5.74, 6) is 0.306. The summed E-state index contributed by atoms with van der Waals surface area (Å²) in [6.07, 6.45) is 4.19. The molecule has 2 aromatic heterocycles. The van der Waals surface area contributed by atoms with Gasteiger partial charge in [0.15, 0.2) is 8.32 Å². The number of nitrogens with one attached hydrogen (secondary N) is 2. The number of amides is 1. The summed E-state index contributed by atoms with van der Waals surface area (Å²) in [5, 5.41) is 21.3. The summed E-state index contributed by atoms with van der Waals surface area (Å²) in [6.45, 7) is 20.1. The molecule has 4 heterocycles. The largest absolute Gasteiger partial charge is 0.416 e. The molecule has 2 aliphatic heterocycles. The number of hydrogen-bond acceptors (Lipinski definition) is 8. The van der Waals surface area contributed by atoms with Crippen LogP contribution in [0.1, 0.15) is 69.6 Å². The van der Waals surface area contributed by atoms with Crippen LogP contribution >= 0.6 is 0 Å². The summed E-state index contributed by atoms with van der Waals surface area (Å²) >= 11 is 0. The van der Waals surface area contributed by atoms with Crippen molar-refractivity contribution in [1.82, 2.24) is 24.6 Å². The third kappa shape index (κ3) is 5.41. The average Bonchev–Trinajstić information content (AvgIpc) is 3.43. The lowest BCUT2D eigenvalue weighted by Crippen LogP contribution is -2.45. The van der Waals surface area contributed by atoms with Crippen LogP contribution in [0.5, 0.6) is 0 Å². The molecular weight excluding hydrogens is 544 g/mol. The molecule has 1 aromatic carbocycles. The Hall–Kier alpha value is -3.75. The van der Waals surface area contributed by atoms with E-state index >= 15 is 0 Å². The Morgan fingerprint density at radius 3 is 2.71 bits per heavy atom. The van der Waals surface area contributed by atoms with Crippen molar-refractivity contribution in [3.05, 3.63) is 47.4 Å². The minimum absolute atomic E-state index is 0.0531. The number of carbonyl (C=O) groups is 1. The van der Waals surface area contributed by atoms with Crippen molar-refractivity contribution in [2.45, 2.75) is 84.1 Å². The third-order valence-electron chi connectivity index (χ3n) is 9.02. The fourth-order valence-electron chi connectivity index (χ4n) is 5.30. The molecule has 42 heavy (non-hydrogen) atoms. The summed E-state index contributed by atoms with van der Waals surface area (Å²) in [7, 11) is -1.96. The molecule has 5 rings (SSSR count). The van der Waals surface area contributed by atoms with Gasteiger partial charge in [-0.3, -0.25) is 9.48 Å². The Morgan fingerprint density at radius 1 is 1.26 bits per heavy atom. The van der Waals surface area contributed by atoms with Crippen molar-refractivity contribution in [2.24, 2.45) is 0 Å². The molecular formula is C31H42N8O2Si. The van der Waals surface area contributed by atoms with E-state index in [1.54, 1.807) is 17.1 Å². The zero-order valence-corrected chi connectivity index (χ0v) is 27.0. The molecule has 0 saturated carbocycles. The molecule has 11 heteroatoms. The summed E-state index contributed by atoms with van der Waals surface area (Å²) in [5.41, 5.74) is 4.81. The lowest BCUT2D eigenvalue weighted by Gasteiger charge is -2.39. The number of benzene rings is 1. The Labute approximate surface area is 249 Å².